The molecule has 0 fully saturated rings. The van der Waals surface area contributed by atoms with Gasteiger partial charge in [0.2, 0.25) is 0 Å². The van der Waals surface area contributed by atoms with Crippen LogP contribution in [0.15, 0.2) is 30.3 Å². The van der Waals surface area contributed by atoms with E-state index in [4.69, 9.17) is 9.84 Å². The molecule has 3 rings (SSSR count). The van der Waals surface area contributed by atoms with Gasteiger partial charge in [-0.25, -0.2) is 0 Å². The van der Waals surface area contributed by atoms with Crippen LogP contribution in [0.2, 0.25) is 0 Å². The van der Waals surface area contributed by atoms with Crippen molar-refractivity contribution in [1.82, 2.24) is 0 Å². The molecule has 1 N–H and O–H groups in total. The van der Waals surface area contributed by atoms with Gasteiger partial charge in [0.1, 0.15) is 5.75 Å². The molecule has 0 radical (unpaired) electrons. The first-order valence-electron chi connectivity index (χ1n) is 6.51. The van der Waals surface area contributed by atoms with Crippen molar-refractivity contribution in [2.45, 2.75) is 25.2 Å². The van der Waals surface area contributed by atoms with Gasteiger partial charge in [-0.3, -0.25) is 4.79 Å². The van der Waals surface area contributed by atoms with E-state index in [2.05, 4.69) is 12.1 Å². The number of carboxylic acid groups (broad SMARTS) is 1. The Kier molecular flexibility index (Phi) is 2.90. The lowest BCUT2D eigenvalue weighted by atomic mass is 9.79. The molecule has 19 heavy (non-hydrogen) atoms. The molecule has 0 heterocycles. The summed E-state index contributed by atoms with van der Waals surface area (Å²) in [5.74, 6) is 0.294. The van der Waals surface area contributed by atoms with Crippen LogP contribution >= 0.6 is 0 Å². The number of hydrogen-bond acceptors (Lipinski definition) is 2. The highest BCUT2D eigenvalue weighted by molar-refractivity contribution is 5.92. The summed E-state index contributed by atoms with van der Waals surface area (Å²) in [6, 6.07) is 10.2. The lowest BCUT2D eigenvalue weighted by Crippen LogP contribution is -2.13. The minimum absolute atomic E-state index is 0.112. The third-order valence-corrected chi connectivity index (χ3v) is 3.97. The molecule has 0 bridgehead atoms. The quantitative estimate of drug-likeness (QED) is 0.916. The maximum Gasteiger partial charge on any atom is 0.303 e. The number of benzene rings is 2. The molecule has 0 aromatic heterocycles. The van der Waals surface area contributed by atoms with Crippen molar-refractivity contribution in [2.24, 2.45) is 0 Å². The number of rotatable bonds is 3. The fourth-order valence-electron chi connectivity index (χ4n) is 3.14. The highest BCUT2D eigenvalue weighted by Crippen LogP contribution is 2.41. The average Bonchev–Trinajstić information content (AvgIpc) is 2.41. The van der Waals surface area contributed by atoms with Gasteiger partial charge < -0.3 is 9.84 Å². The molecule has 3 nitrogen and oxygen atoms in total. The molecule has 0 amide bonds. The SMILES string of the molecule is COc1ccc2cccc3c2c1CCC3CC(=O)O. The first-order chi connectivity index (χ1) is 9.20. The zero-order valence-corrected chi connectivity index (χ0v) is 10.8. The van der Waals surface area contributed by atoms with Crippen LogP contribution in [0, 0.1) is 0 Å². The first-order valence-corrected chi connectivity index (χ1v) is 6.51. The van der Waals surface area contributed by atoms with Crippen molar-refractivity contribution >= 4 is 16.7 Å². The molecule has 3 heteroatoms. The van der Waals surface area contributed by atoms with Crippen molar-refractivity contribution in [3.8, 4) is 5.75 Å². The Bertz CT molecular complexity index is 646. The molecule has 1 atom stereocenters. The number of aryl methyl sites for hydroxylation is 1. The normalized spacial score (nSPS) is 17.4. The first kappa shape index (κ1) is 12.0. The predicted octanol–water partition coefficient (Wildman–Crippen LogP) is 3.35. The Labute approximate surface area is 111 Å². The third kappa shape index (κ3) is 1.95. The van der Waals surface area contributed by atoms with Crippen LogP contribution in [-0.4, -0.2) is 18.2 Å². The maximum absolute atomic E-state index is 11.0. The Morgan fingerprint density at radius 1 is 1.37 bits per heavy atom. The van der Waals surface area contributed by atoms with Crippen LogP contribution < -0.4 is 4.74 Å². The lowest BCUT2D eigenvalue weighted by molar-refractivity contribution is -0.137. The summed E-state index contributed by atoms with van der Waals surface area (Å²) in [4.78, 5) is 11.0. The molecule has 2 aromatic rings. The van der Waals surface area contributed by atoms with Crippen LogP contribution in [0.25, 0.3) is 10.8 Å². The molecular formula is C16H16O3. The van der Waals surface area contributed by atoms with Crippen molar-refractivity contribution < 1.29 is 14.6 Å². The largest absolute Gasteiger partial charge is 0.496 e. The Morgan fingerprint density at radius 2 is 2.21 bits per heavy atom. The van der Waals surface area contributed by atoms with Crippen LogP contribution in [0.1, 0.15) is 29.9 Å². The second-order valence-electron chi connectivity index (χ2n) is 5.03. The van der Waals surface area contributed by atoms with E-state index in [1.165, 1.54) is 16.3 Å². The van der Waals surface area contributed by atoms with Crippen LogP contribution in [0.4, 0.5) is 0 Å². The smallest absolute Gasteiger partial charge is 0.303 e. The van der Waals surface area contributed by atoms with E-state index in [9.17, 15) is 4.79 Å². The number of methoxy groups -OCH3 is 1. The van der Waals surface area contributed by atoms with E-state index in [0.29, 0.717) is 0 Å². The Morgan fingerprint density at radius 3 is 2.95 bits per heavy atom. The number of carboxylic acids is 1. The molecule has 2 aromatic carbocycles. The predicted molar refractivity (Wildman–Crippen MR) is 73.8 cm³/mol. The molecule has 0 saturated heterocycles. The van der Waals surface area contributed by atoms with Gasteiger partial charge in [-0.2, -0.15) is 0 Å². The summed E-state index contributed by atoms with van der Waals surface area (Å²) >= 11 is 0. The van der Waals surface area contributed by atoms with E-state index in [1.807, 2.05) is 18.2 Å². The van der Waals surface area contributed by atoms with Crippen molar-refractivity contribution in [1.29, 1.82) is 0 Å². The van der Waals surface area contributed by atoms with Crippen molar-refractivity contribution in [3.05, 3.63) is 41.5 Å². The van der Waals surface area contributed by atoms with Gasteiger partial charge in [0, 0.05) is 5.56 Å². The van der Waals surface area contributed by atoms with Gasteiger partial charge in [0.05, 0.1) is 13.5 Å². The number of hydrogen-bond donors (Lipinski definition) is 1. The average molecular weight is 256 g/mol. The van der Waals surface area contributed by atoms with Gasteiger partial charge in [0.25, 0.3) is 0 Å². The second-order valence-corrected chi connectivity index (χ2v) is 5.03. The Hall–Kier alpha value is -2.03. The molecule has 0 aliphatic heterocycles. The summed E-state index contributed by atoms with van der Waals surface area (Å²) in [7, 11) is 1.68. The molecular weight excluding hydrogens is 240 g/mol. The summed E-state index contributed by atoms with van der Waals surface area (Å²) in [5, 5.41) is 11.4. The number of aliphatic carboxylic acids is 1. The highest BCUT2D eigenvalue weighted by atomic mass is 16.5. The fourth-order valence-corrected chi connectivity index (χ4v) is 3.14. The van der Waals surface area contributed by atoms with Gasteiger partial charge in [-0.15, -0.1) is 0 Å². The van der Waals surface area contributed by atoms with Crippen molar-refractivity contribution in [2.75, 3.05) is 7.11 Å². The van der Waals surface area contributed by atoms with Crippen molar-refractivity contribution in [3.63, 3.8) is 0 Å². The molecule has 1 aliphatic rings. The maximum atomic E-state index is 11.0. The molecule has 1 aliphatic carbocycles. The van der Waals surface area contributed by atoms with E-state index in [1.54, 1.807) is 7.11 Å². The minimum atomic E-state index is -0.728. The van der Waals surface area contributed by atoms with E-state index in [-0.39, 0.29) is 12.3 Å². The van der Waals surface area contributed by atoms with Crippen LogP contribution in [0.5, 0.6) is 5.75 Å². The standard InChI is InChI=1S/C16H16O3/c1-19-14-8-6-10-3-2-4-12-11(9-15(17)18)5-7-13(14)16(10)12/h2-4,6,8,11H,5,7,9H2,1H3,(H,17,18). The summed E-state index contributed by atoms with van der Waals surface area (Å²) < 4.78 is 5.43. The molecule has 98 valence electrons. The molecule has 0 saturated carbocycles. The fraction of sp³-hybridized carbons (Fsp3) is 0.312. The topological polar surface area (TPSA) is 46.5 Å². The lowest BCUT2D eigenvalue weighted by Gasteiger charge is -2.26. The van der Waals surface area contributed by atoms with E-state index >= 15 is 0 Å². The Balaban J connectivity index is 2.22. The van der Waals surface area contributed by atoms with Crippen LogP contribution in [0.3, 0.4) is 0 Å². The van der Waals surface area contributed by atoms with E-state index in [0.717, 1.165) is 24.2 Å². The van der Waals surface area contributed by atoms with Gasteiger partial charge in [0.15, 0.2) is 0 Å². The van der Waals surface area contributed by atoms with Crippen LogP contribution in [-0.2, 0) is 11.2 Å². The van der Waals surface area contributed by atoms with Gasteiger partial charge in [-0.1, -0.05) is 24.3 Å². The molecule has 0 spiro atoms. The summed E-state index contributed by atoms with van der Waals surface area (Å²) in [6.45, 7) is 0. The third-order valence-electron chi connectivity index (χ3n) is 3.97. The monoisotopic (exact) mass is 256 g/mol. The second kappa shape index (κ2) is 4.57. The summed E-state index contributed by atoms with van der Waals surface area (Å²) in [5.41, 5.74) is 2.37. The minimum Gasteiger partial charge on any atom is -0.496 e. The summed E-state index contributed by atoms with van der Waals surface area (Å²) in [6.07, 6.45) is 1.96. The van der Waals surface area contributed by atoms with Gasteiger partial charge >= 0.3 is 5.97 Å². The molecule has 1 unspecified atom stereocenters. The van der Waals surface area contributed by atoms with E-state index < -0.39 is 5.97 Å². The zero-order valence-electron chi connectivity index (χ0n) is 10.8. The number of ether oxygens (including phenoxy) is 1. The number of carbonyl (C=O) groups is 1. The highest BCUT2D eigenvalue weighted by Gasteiger charge is 2.25. The van der Waals surface area contributed by atoms with Gasteiger partial charge in [-0.05, 0) is 41.2 Å². The zero-order chi connectivity index (χ0) is 13.4.